The Labute approximate surface area is 124 Å². The smallest absolute Gasteiger partial charge is 0.337 e. The number of carbonyl (C=O) groups excluding carboxylic acids is 1. The molecule has 1 saturated carbocycles. The lowest BCUT2D eigenvalue weighted by molar-refractivity contribution is 0.0600. The molecule has 1 aliphatic rings. The highest BCUT2D eigenvalue weighted by atomic mass is 32.2. The maximum Gasteiger partial charge on any atom is 0.337 e. The van der Waals surface area contributed by atoms with E-state index in [0.29, 0.717) is 5.56 Å². The number of nitrogens with two attached hydrogens (primary N) is 1. The summed E-state index contributed by atoms with van der Waals surface area (Å²) in [5.74, 6) is -0.492. The molecule has 0 aromatic heterocycles. The zero-order valence-corrected chi connectivity index (χ0v) is 12.7. The van der Waals surface area contributed by atoms with E-state index in [-0.39, 0.29) is 17.0 Å². The number of hydrogen-bond donors (Lipinski definition) is 2. The quantitative estimate of drug-likeness (QED) is 0.809. The van der Waals surface area contributed by atoms with Gasteiger partial charge in [-0.2, -0.15) is 0 Å². The van der Waals surface area contributed by atoms with Crippen LogP contribution >= 0.6 is 0 Å². The van der Waals surface area contributed by atoms with Crippen LogP contribution in [-0.4, -0.2) is 33.6 Å². The number of methoxy groups -OCH3 is 1. The number of nitrogens with one attached hydrogen (secondary N) is 1. The lowest BCUT2D eigenvalue weighted by Gasteiger charge is -2.26. The molecular formula is C14H20N2O4S. The molecule has 0 atom stereocenters. The molecule has 3 N–H and O–H groups in total. The summed E-state index contributed by atoms with van der Waals surface area (Å²) < 4.78 is 31.8. The highest BCUT2D eigenvalue weighted by Crippen LogP contribution is 2.20. The van der Waals surface area contributed by atoms with Crippen LogP contribution in [0.15, 0.2) is 29.2 Å². The molecular weight excluding hydrogens is 292 g/mol. The van der Waals surface area contributed by atoms with Crippen LogP contribution in [0.2, 0.25) is 0 Å². The molecule has 1 fully saturated rings. The second-order valence-corrected chi connectivity index (χ2v) is 6.96. The van der Waals surface area contributed by atoms with Crippen molar-refractivity contribution in [2.45, 2.75) is 42.7 Å². The van der Waals surface area contributed by atoms with Gasteiger partial charge in [0.05, 0.1) is 17.6 Å². The lowest BCUT2D eigenvalue weighted by Crippen LogP contribution is -2.40. The summed E-state index contributed by atoms with van der Waals surface area (Å²) in [5, 5.41) is 0. The van der Waals surface area contributed by atoms with Crippen LogP contribution in [-0.2, 0) is 14.8 Å². The maximum atomic E-state index is 12.3. The number of hydrogen-bond acceptors (Lipinski definition) is 5. The number of benzene rings is 1. The summed E-state index contributed by atoms with van der Waals surface area (Å²) in [6, 6.07) is 5.79. The van der Waals surface area contributed by atoms with Crippen molar-refractivity contribution in [2.75, 3.05) is 7.11 Å². The van der Waals surface area contributed by atoms with Crippen LogP contribution in [0.1, 0.15) is 36.0 Å². The molecule has 21 heavy (non-hydrogen) atoms. The van der Waals surface area contributed by atoms with Gasteiger partial charge in [0.25, 0.3) is 0 Å². The van der Waals surface area contributed by atoms with Crippen molar-refractivity contribution in [1.82, 2.24) is 4.72 Å². The second kappa shape index (κ2) is 6.55. The van der Waals surface area contributed by atoms with Gasteiger partial charge in [-0.1, -0.05) is 0 Å². The minimum atomic E-state index is -3.57. The van der Waals surface area contributed by atoms with Gasteiger partial charge in [0.15, 0.2) is 0 Å². The van der Waals surface area contributed by atoms with Crippen molar-refractivity contribution in [3.8, 4) is 0 Å². The molecule has 7 heteroatoms. The Balaban J connectivity index is 2.07. The largest absolute Gasteiger partial charge is 0.465 e. The van der Waals surface area contributed by atoms with Gasteiger partial charge >= 0.3 is 5.97 Å². The first kappa shape index (κ1) is 15.9. The summed E-state index contributed by atoms with van der Waals surface area (Å²) in [6.45, 7) is 0. The standard InChI is InChI=1S/C14H20N2O4S/c1-20-14(17)10-2-8-13(9-3-10)21(18,19)16-12-6-4-11(15)5-7-12/h2-3,8-9,11-12,16H,4-7,15H2,1H3. The summed E-state index contributed by atoms with van der Waals surface area (Å²) in [7, 11) is -2.29. The Morgan fingerprint density at radius 3 is 2.29 bits per heavy atom. The van der Waals surface area contributed by atoms with Gasteiger partial charge in [0, 0.05) is 12.1 Å². The Bertz CT molecular complexity index is 590. The number of rotatable bonds is 4. The van der Waals surface area contributed by atoms with E-state index in [1.165, 1.54) is 31.4 Å². The van der Waals surface area contributed by atoms with E-state index in [1.54, 1.807) is 0 Å². The monoisotopic (exact) mass is 312 g/mol. The van der Waals surface area contributed by atoms with Gasteiger partial charge in [0.2, 0.25) is 10.0 Å². The number of ether oxygens (including phenoxy) is 1. The molecule has 0 unspecified atom stereocenters. The van der Waals surface area contributed by atoms with E-state index in [4.69, 9.17) is 5.73 Å². The van der Waals surface area contributed by atoms with Gasteiger partial charge in [-0.15, -0.1) is 0 Å². The molecule has 116 valence electrons. The summed E-state index contributed by atoms with van der Waals surface area (Å²) >= 11 is 0. The molecule has 1 aromatic rings. The molecule has 0 spiro atoms. The molecule has 0 saturated heterocycles. The fourth-order valence-corrected chi connectivity index (χ4v) is 3.72. The average molecular weight is 312 g/mol. The predicted octanol–water partition coefficient (Wildman–Crippen LogP) is 1.02. The van der Waals surface area contributed by atoms with Gasteiger partial charge in [-0.05, 0) is 49.9 Å². The van der Waals surface area contributed by atoms with Crippen LogP contribution in [0, 0.1) is 0 Å². The molecule has 0 bridgehead atoms. The topological polar surface area (TPSA) is 98.5 Å². The van der Waals surface area contributed by atoms with Crippen molar-refractivity contribution < 1.29 is 17.9 Å². The predicted molar refractivity (Wildman–Crippen MR) is 78.3 cm³/mol. The van der Waals surface area contributed by atoms with E-state index in [1.807, 2.05) is 0 Å². The van der Waals surface area contributed by atoms with E-state index in [2.05, 4.69) is 9.46 Å². The molecule has 2 rings (SSSR count). The van der Waals surface area contributed by atoms with Gasteiger partial charge in [-0.3, -0.25) is 0 Å². The van der Waals surface area contributed by atoms with Gasteiger partial charge in [0.1, 0.15) is 0 Å². The SMILES string of the molecule is COC(=O)c1ccc(S(=O)(=O)NC2CCC(N)CC2)cc1. The minimum absolute atomic E-state index is 0.0740. The fourth-order valence-electron chi connectivity index (χ4n) is 2.41. The molecule has 0 amide bonds. The van der Waals surface area contributed by atoms with E-state index < -0.39 is 16.0 Å². The first-order valence-electron chi connectivity index (χ1n) is 6.88. The summed E-state index contributed by atoms with van der Waals surface area (Å²) in [5.41, 5.74) is 6.13. The highest BCUT2D eigenvalue weighted by Gasteiger charge is 2.24. The van der Waals surface area contributed by atoms with Crippen LogP contribution in [0.3, 0.4) is 0 Å². The zero-order valence-electron chi connectivity index (χ0n) is 11.9. The fraction of sp³-hybridized carbons (Fsp3) is 0.500. The van der Waals surface area contributed by atoms with E-state index in [0.717, 1.165) is 25.7 Å². The number of sulfonamides is 1. The van der Waals surface area contributed by atoms with Crippen molar-refractivity contribution in [1.29, 1.82) is 0 Å². The molecule has 6 nitrogen and oxygen atoms in total. The van der Waals surface area contributed by atoms with Crippen molar-refractivity contribution in [3.63, 3.8) is 0 Å². The van der Waals surface area contributed by atoms with Crippen molar-refractivity contribution in [3.05, 3.63) is 29.8 Å². The first-order chi connectivity index (χ1) is 9.92. The third kappa shape index (κ3) is 4.03. The van der Waals surface area contributed by atoms with Crippen LogP contribution < -0.4 is 10.5 Å². The van der Waals surface area contributed by atoms with E-state index >= 15 is 0 Å². The Kier molecular flexibility index (Phi) is 4.97. The third-order valence-electron chi connectivity index (χ3n) is 3.68. The summed E-state index contributed by atoms with van der Waals surface area (Å²) in [4.78, 5) is 11.5. The summed E-state index contributed by atoms with van der Waals surface area (Å²) in [6.07, 6.45) is 3.16. The molecule has 0 radical (unpaired) electrons. The van der Waals surface area contributed by atoms with Crippen LogP contribution in [0.25, 0.3) is 0 Å². The Morgan fingerprint density at radius 1 is 1.19 bits per heavy atom. The van der Waals surface area contributed by atoms with Gasteiger partial charge < -0.3 is 10.5 Å². The van der Waals surface area contributed by atoms with Crippen molar-refractivity contribution >= 4 is 16.0 Å². The molecule has 0 heterocycles. The molecule has 1 aliphatic carbocycles. The third-order valence-corrected chi connectivity index (χ3v) is 5.22. The Hall–Kier alpha value is -1.44. The average Bonchev–Trinajstić information content (AvgIpc) is 2.49. The van der Waals surface area contributed by atoms with Gasteiger partial charge in [-0.25, -0.2) is 17.9 Å². The molecule has 0 aliphatic heterocycles. The highest BCUT2D eigenvalue weighted by molar-refractivity contribution is 7.89. The second-order valence-electron chi connectivity index (χ2n) is 5.25. The van der Waals surface area contributed by atoms with E-state index in [9.17, 15) is 13.2 Å². The van der Waals surface area contributed by atoms with Crippen LogP contribution in [0.5, 0.6) is 0 Å². The normalized spacial score (nSPS) is 22.8. The van der Waals surface area contributed by atoms with Crippen molar-refractivity contribution in [2.24, 2.45) is 5.73 Å². The molecule has 1 aromatic carbocycles. The maximum absolute atomic E-state index is 12.3. The number of esters is 1. The first-order valence-corrected chi connectivity index (χ1v) is 8.37. The number of carbonyl (C=O) groups is 1. The lowest BCUT2D eigenvalue weighted by atomic mass is 9.93. The minimum Gasteiger partial charge on any atom is -0.465 e. The van der Waals surface area contributed by atoms with Crippen LogP contribution in [0.4, 0.5) is 0 Å². The zero-order chi connectivity index (χ0) is 15.5. The Morgan fingerprint density at radius 2 is 1.76 bits per heavy atom.